The molecule has 1 aromatic heterocycles. The quantitative estimate of drug-likeness (QED) is 0.318. The third kappa shape index (κ3) is 2.38. The molecule has 0 spiro atoms. The number of fused-ring (bicyclic) bond motifs is 3. The molecule has 0 saturated heterocycles. The predicted molar refractivity (Wildman–Crippen MR) is 103 cm³/mol. The topological polar surface area (TPSA) is 68.9 Å². The standard InChI is InChI=1S/C20H20BrNO4/c1-19-8-7-13(20(19,2)11-21)10-16(19)22-26-18(24)14-9-12-5-3-4-6-15(12)25-17(14)23/h3-6,9,13H,7-8,10-11H2,1-2H3. The summed E-state index contributed by atoms with van der Waals surface area (Å²) < 4.78 is 5.19. The molecule has 2 aromatic rings. The zero-order valence-corrected chi connectivity index (χ0v) is 16.3. The molecule has 4 rings (SSSR count). The monoisotopic (exact) mass is 417 g/mol. The maximum atomic E-state index is 12.4. The largest absolute Gasteiger partial charge is 0.422 e. The Labute approximate surface area is 159 Å². The van der Waals surface area contributed by atoms with Gasteiger partial charge < -0.3 is 9.25 Å². The third-order valence-corrected chi connectivity index (χ3v) is 7.77. The maximum absolute atomic E-state index is 12.4. The molecule has 5 nitrogen and oxygen atoms in total. The molecule has 0 N–H and O–H groups in total. The third-order valence-electron chi connectivity index (χ3n) is 6.61. The first-order valence-corrected chi connectivity index (χ1v) is 9.89. The van der Waals surface area contributed by atoms with Crippen molar-refractivity contribution in [3.05, 3.63) is 46.3 Å². The van der Waals surface area contributed by atoms with Crippen LogP contribution in [0.15, 0.2) is 44.7 Å². The lowest BCUT2D eigenvalue weighted by molar-refractivity contribution is 0.0504. The van der Waals surface area contributed by atoms with E-state index >= 15 is 0 Å². The first-order valence-electron chi connectivity index (χ1n) is 8.76. The summed E-state index contributed by atoms with van der Waals surface area (Å²) >= 11 is 3.65. The van der Waals surface area contributed by atoms with E-state index in [4.69, 9.17) is 9.25 Å². The van der Waals surface area contributed by atoms with Gasteiger partial charge in [0.15, 0.2) is 0 Å². The van der Waals surface area contributed by atoms with Crippen molar-refractivity contribution < 1.29 is 14.0 Å². The number of benzene rings is 1. The first-order chi connectivity index (χ1) is 12.4. The lowest BCUT2D eigenvalue weighted by Gasteiger charge is -2.36. The molecule has 2 saturated carbocycles. The Morgan fingerprint density at radius 2 is 2.15 bits per heavy atom. The molecule has 6 heteroatoms. The van der Waals surface area contributed by atoms with Crippen LogP contribution in [0.1, 0.15) is 43.5 Å². The minimum absolute atomic E-state index is 0.0878. The van der Waals surface area contributed by atoms with E-state index in [0.717, 1.165) is 23.9 Å². The van der Waals surface area contributed by atoms with Gasteiger partial charge in [0.05, 0.1) is 5.71 Å². The second-order valence-electron chi connectivity index (χ2n) is 7.73. The van der Waals surface area contributed by atoms with E-state index in [1.165, 1.54) is 12.5 Å². The van der Waals surface area contributed by atoms with E-state index in [1.54, 1.807) is 18.2 Å². The van der Waals surface area contributed by atoms with Crippen molar-refractivity contribution in [2.75, 3.05) is 5.33 Å². The average Bonchev–Trinajstić information content (AvgIpc) is 3.01. The SMILES string of the molecule is CC12CCC(CC1=NOC(=O)c1cc3ccccc3oc1=O)C2(C)CBr. The molecule has 136 valence electrons. The molecule has 0 amide bonds. The summed E-state index contributed by atoms with van der Waals surface area (Å²) in [5, 5.41) is 5.75. The van der Waals surface area contributed by atoms with Gasteiger partial charge in [0.2, 0.25) is 0 Å². The smallest absolute Gasteiger partial charge is 0.373 e. The second-order valence-corrected chi connectivity index (χ2v) is 8.29. The Balaban J connectivity index is 1.61. The molecule has 2 aliphatic carbocycles. The number of hydrogen-bond acceptors (Lipinski definition) is 5. The van der Waals surface area contributed by atoms with Gasteiger partial charge in [-0.15, -0.1) is 0 Å². The Hall–Kier alpha value is -1.95. The van der Waals surface area contributed by atoms with Crippen LogP contribution in [-0.2, 0) is 4.84 Å². The molecule has 0 radical (unpaired) electrons. The Bertz CT molecular complexity index is 981. The summed E-state index contributed by atoms with van der Waals surface area (Å²) in [6.07, 6.45) is 3.03. The maximum Gasteiger partial charge on any atom is 0.373 e. The van der Waals surface area contributed by atoms with Gasteiger partial charge in [-0.25, -0.2) is 9.59 Å². The Morgan fingerprint density at radius 3 is 2.88 bits per heavy atom. The van der Waals surface area contributed by atoms with Gasteiger partial charge in [-0.3, -0.25) is 0 Å². The molecular formula is C20H20BrNO4. The normalized spacial score (nSPS) is 31.7. The lowest BCUT2D eigenvalue weighted by Crippen LogP contribution is -2.36. The lowest BCUT2D eigenvalue weighted by atomic mass is 9.70. The van der Waals surface area contributed by atoms with Crippen LogP contribution in [0.2, 0.25) is 0 Å². The molecule has 26 heavy (non-hydrogen) atoms. The molecule has 1 aromatic carbocycles. The van der Waals surface area contributed by atoms with Gasteiger partial charge in [0, 0.05) is 16.1 Å². The highest BCUT2D eigenvalue weighted by Crippen LogP contribution is 2.64. The van der Waals surface area contributed by atoms with E-state index in [0.29, 0.717) is 16.9 Å². The van der Waals surface area contributed by atoms with E-state index < -0.39 is 11.6 Å². The predicted octanol–water partition coefficient (Wildman–Crippen LogP) is 4.53. The number of para-hydroxylation sites is 1. The van der Waals surface area contributed by atoms with Gasteiger partial charge in [0.25, 0.3) is 0 Å². The molecular weight excluding hydrogens is 398 g/mol. The summed E-state index contributed by atoms with van der Waals surface area (Å²) in [6.45, 7) is 4.46. The first kappa shape index (κ1) is 17.5. The molecule has 0 aliphatic heterocycles. The summed E-state index contributed by atoms with van der Waals surface area (Å²) in [7, 11) is 0. The van der Waals surface area contributed by atoms with Crippen LogP contribution in [0, 0.1) is 16.7 Å². The van der Waals surface area contributed by atoms with Gasteiger partial charge in [-0.2, -0.15) is 0 Å². The summed E-state index contributed by atoms with van der Waals surface area (Å²) in [5.41, 5.74) is 0.529. The van der Waals surface area contributed by atoms with Crippen LogP contribution in [0.3, 0.4) is 0 Å². The van der Waals surface area contributed by atoms with Gasteiger partial charge in [0.1, 0.15) is 11.1 Å². The van der Waals surface area contributed by atoms with Crippen molar-refractivity contribution in [3.8, 4) is 0 Å². The van der Waals surface area contributed by atoms with Crippen LogP contribution in [0.4, 0.5) is 0 Å². The number of rotatable bonds is 3. The molecule has 2 aliphatic rings. The van der Waals surface area contributed by atoms with Crippen molar-refractivity contribution in [2.45, 2.75) is 33.1 Å². The minimum Gasteiger partial charge on any atom is -0.422 e. The summed E-state index contributed by atoms with van der Waals surface area (Å²) in [5.74, 6) is -0.237. The zero-order valence-electron chi connectivity index (χ0n) is 14.8. The van der Waals surface area contributed by atoms with Gasteiger partial charge in [-0.1, -0.05) is 53.1 Å². The molecule has 2 bridgehead atoms. The number of carbonyl (C=O) groups is 1. The van der Waals surface area contributed by atoms with Crippen LogP contribution in [0.5, 0.6) is 0 Å². The average molecular weight is 418 g/mol. The highest BCUT2D eigenvalue weighted by Gasteiger charge is 2.62. The fourth-order valence-electron chi connectivity index (χ4n) is 4.52. The van der Waals surface area contributed by atoms with Crippen LogP contribution < -0.4 is 5.63 Å². The van der Waals surface area contributed by atoms with E-state index in [2.05, 4.69) is 34.9 Å². The van der Waals surface area contributed by atoms with Crippen molar-refractivity contribution in [1.29, 1.82) is 0 Å². The van der Waals surface area contributed by atoms with Gasteiger partial charge in [-0.05, 0) is 42.7 Å². The number of nitrogens with zero attached hydrogens (tertiary/aromatic N) is 1. The number of alkyl halides is 1. The van der Waals surface area contributed by atoms with Crippen LogP contribution in [-0.4, -0.2) is 17.0 Å². The van der Waals surface area contributed by atoms with Crippen LogP contribution >= 0.6 is 15.9 Å². The molecule has 2 fully saturated rings. The number of carbonyl (C=O) groups excluding carboxylic acids is 1. The summed E-state index contributed by atoms with van der Waals surface area (Å²) in [6, 6.07) is 8.54. The zero-order chi connectivity index (χ0) is 18.5. The van der Waals surface area contributed by atoms with E-state index in [9.17, 15) is 9.59 Å². The number of halogens is 1. The van der Waals surface area contributed by atoms with Crippen LogP contribution in [0.25, 0.3) is 11.0 Å². The Morgan fingerprint density at radius 1 is 1.38 bits per heavy atom. The van der Waals surface area contributed by atoms with Crippen molar-refractivity contribution in [2.24, 2.45) is 21.9 Å². The van der Waals surface area contributed by atoms with Gasteiger partial charge >= 0.3 is 11.6 Å². The summed E-state index contributed by atoms with van der Waals surface area (Å²) in [4.78, 5) is 29.7. The fourth-order valence-corrected chi connectivity index (χ4v) is 5.60. The fraction of sp³-hybridized carbons (Fsp3) is 0.450. The van der Waals surface area contributed by atoms with Crippen molar-refractivity contribution in [3.63, 3.8) is 0 Å². The number of hydrogen-bond donors (Lipinski definition) is 0. The highest BCUT2D eigenvalue weighted by atomic mass is 79.9. The van der Waals surface area contributed by atoms with E-state index in [-0.39, 0.29) is 16.4 Å². The Kier molecular flexibility index (Phi) is 4.06. The second kappa shape index (κ2) is 6.05. The van der Waals surface area contributed by atoms with Crippen molar-refractivity contribution in [1.82, 2.24) is 0 Å². The molecule has 3 unspecified atom stereocenters. The molecule has 1 heterocycles. The minimum atomic E-state index is -0.774. The highest BCUT2D eigenvalue weighted by molar-refractivity contribution is 9.09. The van der Waals surface area contributed by atoms with E-state index in [1.807, 2.05) is 6.07 Å². The number of oxime groups is 1. The molecule has 3 atom stereocenters. The van der Waals surface area contributed by atoms with Crippen molar-refractivity contribution >= 4 is 38.6 Å².